The summed E-state index contributed by atoms with van der Waals surface area (Å²) < 4.78 is 6.76. The van der Waals surface area contributed by atoms with Crippen LogP contribution in [0.2, 0.25) is 0 Å². The molecule has 5 heteroatoms. The molecule has 0 fully saturated rings. The van der Waals surface area contributed by atoms with E-state index in [2.05, 4.69) is 10.3 Å². The summed E-state index contributed by atoms with van der Waals surface area (Å²) in [7, 11) is 3.15. The highest BCUT2D eigenvalue weighted by atomic mass is 16.5. The Morgan fingerprint density at radius 1 is 1.69 bits per heavy atom. The zero-order chi connectivity index (χ0) is 12.1. The molecule has 0 saturated carbocycles. The zero-order valence-electron chi connectivity index (χ0n) is 10.2. The molecule has 90 valence electrons. The number of carbonyl (C=O) groups excluding carboxylic acids is 1. The summed E-state index contributed by atoms with van der Waals surface area (Å²) >= 11 is 0. The second-order valence-electron chi connectivity index (χ2n) is 3.63. The lowest BCUT2D eigenvalue weighted by Crippen LogP contribution is -2.41. The quantitative estimate of drug-likeness (QED) is 0.752. The molecule has 16 heavy (non-hydrogen) atoms. The van der Waals surface area contributed by atoms with Crippen LogP contribution in [0.5, 0.6) is 0 Å². The lowest BCUT2D eigenvalue weighted by Gasteiger charge is -2.23. The van der Waals surface area contributed by atoms with E-state index >= 15 is 0 Å². The van der Waals surface area contributed by atoms with Gasteiger partial charge >= 0.3 is 5.97 Å². The predicted octanol–water partition coefficient (Wildman–Crippen LogP) is 0.767. The molecule has 5 nitrogen and oxygen atoms in total. The molecule has 1 aromatic heterocycles. The Morgan fingerprint density at radius 2 is 2.38 bits per heavy atom. The van der Waals surface area contributed by atoms with E-state index in [1.165, 1.54) is 7.11 Å². The molecular formula is C11H19N3O2. The summed E-state index contributed by atoms with van der Waals surface area (Å²) in [5.74, 6) is 0.711. The molecule has 0 aliphatic carbocycles. The largest absolute Gasteiger partial charge is 0.468 e. The van der Waals surface area contributed by atoms with Crippen molar-refractivity contribution in [1.29, 1.82) is 0 Å². The molecule has 0 amide bonds. The monoisotopic (exact) mass is 225 g/mol. The maximum Gasteiger partial charge on any atom is 0.325 e. The van der Waals surface area contributed by atoms with Crippen LogP contribution in [0.1, 0.15) is 25.7 Å². The highest BCUT2D eigenvalue weighted by molar-refractivity contribution is 5.76. The molecule has 0 spiro atoms. The van der Waals surface area contributed by atoms with Gasteiger partial charge in [0.1, 0.15) is 11.9 Å². The van der Waals surface area contributed by atoms with Gasteiger partial charge in [-0.15, -0.1) is 0 Å². The highest BCUT2D eigenvalue weighted by Crippen LogP contribution is 2.15. The first-order valence-corrected chi connectivity index (χ1v) is 5.42. The molecule has 2 unspecified atom stereocenters. The molecule has 0 aromatic carbocycles. The molecule has 1 N–H and O–H groups in total. The van der Waals surface area contributed by atoms with Gasteiger partial charge in [-0.2, -0.15) is 0 Å². The van der Waals surface area contributed by atoms with Gasteiger partial charge in [0.15, 0.2) is 0 Å². The summed E-state index contributed by atoms with van der Waals surface area (Å²) in [5, 5.41) is 2.97. The number of ether oxygens (including phenoxy) is 1. The van der Waals surface area contributed by atoms with Gasteiger partial charge in [0, 0.05) is 18.8 Å². The SMILES string of the molecule is CCc1nccn1C(C)C(NC)C(=O)OC. The van der Waals surface area contributed by atoms with Gasteiger partial charge in [-0.05, 0) is 14.0 Å². The van der Waals surface area contributed by atoms with Gasteiger partial charge in [-0.3, -0.25) is 4.79 Å². The summed E-state index contributed by atoms with van der Waals surface area (Å²) in [6.45, 7) is 4.01. The summed E-state index contributed by atoms with van der Waals surface area (Å²) in [4.78, 5) is 15.8. The third-order valence-electron chi connectivity index (χ3n) is 2.75. The first kappa shape index (κ1) is 12.7. The first-order chi connectivity index (χ1) is 7.65. The van der Waals surface area contributed by atoms with Crippen LogP contribution >= 0.6 is 0 Å². The van der Waals surface area contributed by atoms with Crippen molar-refractivity contribution in [2.75, 3.05) is 14.2 Å². The van der Waals surface area contributed by atoms with Crippen molar-refractivity contribution in [1.82, 2.24) is 14.9 Å². The predicted molar refractivity (Wildman–Crippen MR) is 61.2 cm³/mol. The number of hydrogen-bond acceptors (Lipinski definition) is 4. The van der Waals surface area contributed by atoms with Crippen LogP contribution in [0.3, 0.4) is 0 Å². The van der Waals surface area contributed by atoms with Crippen LogP contribution in [0.25, 0.3) is 0 Å². The molecule has 1 aromatic rings. The average Bonchev–Trinajstić information content (AvgIpc) is 2.77. The molecule has 0 bridgehead atoms. The second kappa shape index (κ2) is 5.65. The summed E-state index contributed by atoms with van der Waals surface area (Å²) in [5.41, 5.74) is 0. The van der Waals surface area contributed by atoms with Crippen LogP contribution in [-0.2, 0) is 16.0 Å². The van der Waals surface area contributed by atoms with Crippen molar-refractivity contribution in [2.24, 2.45) is 0 Å². The van der Waals surface area contributed by atoms with Crippen molar-refractivity contribution in [3.63, 3.8) is 0 Å². The van der Waals surface area contributed by atoms with Crippen molar-refractivity contribution in [3.05, 3.63) is 18.2 Å². The van der Waals surface area contributed by atoms with Gasteiger partial charge in [-0.1, -0.05) is 6.92 Å². The number of rotatable bonds is 5. The lowest BCUT2D eigenvalue weighted by molar-refractivity contribution is -0.144. The third kappa shape index (κ3) is 2.41. The van der Waals surface area contributed by atoms with E-state index in [4.69, 9.17) is 4.74 Å². The molecule has 1 rings (SSSR count). The fourth-order valence-electron chi connectivity index (χ4n) is 1.83. The standard InChI is InChI=1S/C11H19N3O2/c1-5-9-13-6-7-14(9)8(2)10(12-3)11(15)16-4/h6-8,10,12H,5H2,1-4H3. The van der Waals surface area contributed by atoms with Crippen molar-refractivity contribution in [2.45, 2.75) is 32.4 Å². The molecule has 1 heterocycles. The van der Waals surface area contributed by atoms with Crippen LogP contribution in [0.4, 0.5) is 0 Å². The van der Waals surface area contributed by atoms with Gasteiger partial charge in [0.05, 0.1) is 13.2 Å². The Hall–Kier alpha value is -1.36. The molecular weight excluding hydrogens is 206 g/mol. The van der Waals surface area contributed by atoms with Gasteiger partial charge in [0.25, 0.3) is 0 Å². The number of nitrogens with one attached hydrogen (secondary N) is 1. The summed E-state index contributed by atoms with van der Waals surface area (Å²) in [6.07, 6.45) is 4.48. The lowest BCUT2D eigenvalue weighted by atomic mass is 10.1. The minimum atomic E-state index is -0.357. The van der Waals surface area contributed by atoms with Crippen molar-refractivity contribution in [3.8, 4) is 0 Å². The Kier molecular flexibility index (Phi) is 4.49. The smallest absolute Gasteiger partial charge is 0.325 e. The Bertz CT molecular complexity index is 349. The van der Waals surface area contributed by atoms with Crippen LogP contribution in [0, 0.1) is 0 Å². The molecule has 0 aliphatic rings. The minimum Gasteiger partial charge on any atom is -0.468 e. The minimum absolute atomic E-state index is 0.0186. The van der Waals surface area contributed by atoms with Gasteiger partial charge in [-0.25, -0.2) is 4.98 Å². The second-order valence-corrected chi connectivity index (χ2v) is 3.63. The number of hydrogen-bond donors (Lipinski definition) is 1. The van der Waals surface area contributed by atoms with Crippen molar-refractivity contribution < 1.29 is 9.53 Å². The van der Waals surface area contributed by atoms with Gasteiger partial charge < -0.3 is 14.6 Å². The number of likely N-dealkylation sites (N-methyl/N-ethyl adjacent to an activating group) is 1. The fraction of sp³-hybridized carbons (Fsp3) is 0.636. The number of nitrogens with zero attached hydrogens (tertiary/aromatic N) is 2. The van der Waals surface area contributed by atoms with Crippen LogP contribution in [-0.4, -0.2) is 35.7 Å². The molecule has 2 atom stereocenters. The normalized spacial score (nSPS) is 14.5. The Balaban J connectivity index is 2.90. The Morgan fingerprint density at radius 3 is 2.88 bits per heavy atom. The van der Waals surface area contributed by atoms with E-state index in [1.54, 1.807) is 13.2 Å². The summed E-state index contributed by atoms with van der Waals surface area (Å²) in [6, 6.07) is -0.376. The fourth-order valence-corrected chi connectivity index (χ4v) is 1.83. The Labute approximate surface area is 95.8 Å². The van der Waals surface area contributed by atoms with Crippen LogP contribution < -0.4 is 5.32 Å². The number of imidazole rings is 1. The van der Waals surface area contributed by atoms with Crippen LogP contribution in [0.15, 0.2) is 12.4 Å². The van der Waals surface area contributed by atoms with E-state index in [9.17, 15) is 4.79 Å². The van der Waals surface area contributed by atoms with E-state index in [-0.39, 0.29) is 18.1 Å². The maximum absolute atomic E-state index is 11.6. The molecule has 0 aliphatic heterocycles. The van der Waals surface area contributed by atoms with Gasteiger partial charge in [0.2, 0.25) is 0 Å². The average molecular weight is 225 g/mol. The number of aromatic nitrogens is 2. The van der Waals surface area contributed by atoms with E-state index in [0.717, 1.165) is 12.2 Å². The molecule has 0 radical (unpaired) electrons. The third-order valence-corrected chi connectivity index (χ3v) is 2.75. The first-order valence-electron chi connectivity index (χ1n) is 5.42. The maximum atomic E-state index is 11.6. The molecule has 0 saturated heterocycles. The van der Waals surface area contributed by atoms with E-state index < -0.39 is 0 Å². The van der Waals surface area contributed by atoms with Crippen molar-refractivity contribution >= 4 is 5.97 Å². The highest BCUT2D eigenvalue weighted by Gasteiger charge is 2.26. The zero-order valence-corrected chi connectivity index (χ0v) is 10.2. The number of carbonyl (C=O) groups is 1. The number of esters is 1. The number of methoxy groups -OCH3 is 1. The topological polar surface area (TPSA) is 56.2 Å². The van der Waals surface area contributed by atoms with E-state index in [1.807, 2.05) is 24.6 Å². The number of aryl methyl sites for hydroxylation is 1. The van der Waals surface area contributed by atoms with E-state index in [0.29, 0.717) is 0 Å².